The van der Waals surface area contributed by atoms with Gasteiger partial charge in [0.25, 0.3) is 0 Å². The molecule has 1 aliphatic rings. The molecule has 0 amide bonds. The van der Waals surface area contributed by atoms with Gasteiger partial charge < -0.3 is 0 Å². The molecule has 1 rings (SSSR count). The van der Waals surface area contributed by atoms with E-state index in [-0.39, 0.29) is 0 Å². The van der Waals surface area contributed by atoms with E-state index in [0.717, 1.165) is 11.8 Å². The summed E-state index contributed by atoms with van der Waals surface area (Å²) in [6.45, 7) is 12.7. The Morgan fingerprint density at radius 3 is 1.82 bits per heavy atom. The zero-order chi connectivity index (χ0) is 13.5. The molecule has 0 aromatic heterocycles. The molecule has 0 aromatic rings. The van der Waals surface area contributed by atoms with E-state index in [1.54, 1.807) is 0 Å². The van der Waals surface area contributed by atoms with Gasteiger partial charge in [-0.3, -0.25) is 0 Å². The Morgan fingerprint density at radius 1 is 0.882 bits per heavy atom. The predicted molar refractivity (Wildman–Crippen MR) is 82.6 cm³/mol. The SMILES string of the molecule is CC.CC.CCCC(CC)CC1CCCCC1. The zero-order valence-corrected chi connectivity index (χ0v) is 13.5. The molecular weight excluding hydrogens is 204 g/mol. The molecule has 0 N–H and O–H groups in total. The van der Waals surface area contributed by atoms with Gasteiger partial charge in [0.2, 0.25) is 0 Å². The van der Waals surface area contributed by atoms with E-state index in [0.29, 0.717) is 0 Å². The minimum absolute atomic E-state index is 1.04. The lowest BCUT2D eigenvalue weighted by atomic mass is 9.81. The molecule has 1 atom stereocenters. The summed E-state index contributed by atoms with van der Waals surface area (Å²) in [6.07, 6.45) is 13.4. The summed E-state index contributed by atoms with van der Waals surface area (Å²) in [4.78, 5) is 0. The fraction of sp³-hybridized carbons (Fsp3) is 1.00. The van der Waals surface area contributed by atoms with Crippen LogP contribution in [-0.4, -0.2) is 0 Å². The fourth-order valence-electron chi connectivity index (χ4n) is 2.79. The topological polar surface area (TPSA) is 0 Å². The minimum Gasteiger partial charge on any atom is -0.0683 e. The molecule has 0 heterocycles. The van der Waals surface area contributed by atoms with Gasteiger partial charge in [0.1, 0.15) is 0 Å². The van der Waals surface area contributed by atoms with Crippen molar-refractivity contribution in [3.05, 3.63) is 0 Å². The van der Waals surface area contributed by atoms with E-state index in [2.05, 4.69) is 13.8 Å². The largest absolute Gasteiger partial charge is 0.0683 e. The van der Waals surface area contributed by atoms with E-state index in [1.807, 2.05) is 27.7 Å². The van der Waals surface area contributed by atoms with E-state index in [4.69, 9.17) is 0 Å². The van der Waals surface area contributed by atoms with Crippen LogP contribution >= 0.6 is 0 Å². The summed E-state index contributed by atoms with van der Waals surface area (Å²) in [5.41, 5.74) is 0. The van der Waals surface area contributed by atoms with Crippen molar-refractivity contribution in [1.29, 1.82) is 0 Å². The molecule has 0 saturated heterocycles. The first-order valence-corrected chi connectivity index (χ1v) is 8.36. The maximum absolute atomic E-state index is 2.36. The van der Waals surface area contributed by atoms with Crippen LogP contribution in [0.1, 0.15) is 99.3 Å². The second-order valence-corrected chi connectivity index (χ2v) is 4.80. The monoisotopic (exact) mass is 242 g/mol. The van der Waals surface area contributed by atoms with Crippen LogP contribution in [0.4, 0.5) is 0 Å². The normalized spacial score (nSPS) is 17.3. The molecule has 106 valence electrons. The van der Waals surface area contributed by atoms with Crippen LogP contribution in [0.15, 0.2) is 0 Å². The Balaban J connectivity index is 0. The third-order valence-electron chi connectivity index (χ3n) is 3.67. The minimum atomic E-state index is 1.04. The van der Waals surface area contributed by atoms with Gasteiger partial charge in [-0.05, 0) is 18.3 Å². The predicted octanol–water partition coefficient (Wildman–Crippen LogP) is 6.84. The van der Waals surface area contributed by atoms with E-state index in [9.17, 15) is 0 Å². The molecule has 1 aliphatic carbocycles. The molecule has 0 heteroatoms. The smallest absolute Gasteiger partial charge is 0.0412 e. The van der Waals surface area contributed by atoms with Gasteiger partial charge in [-0.15, -0.1) is 0 Å². The summed E-state index contributed by atoms with van der Waals surface area (Å²) < 4.78 is 0. The Labute approximate surface area is 112 Å². The third-order valence-corrected chi connectivity index (χ3v) is 3.67. The van der Waals surface area contributed by atoms with Crippen molar-refractivity contribution in [3.63, 3.8) is 0 Å². The van der Waals surface area contributed by atoms with E-state index in [1.165, 1.54) is 57.8 Å². The van der Waals surface area contributed by atoms with Gasteiger partial charge in [-0.1, -0.05) is 92.9 Å². The standard InChI is InChI=1S/C13H26.2C2H6/c1-3-8-12(4-2)11-13-9-6-5-7-10-13;2*1-2/h12-13H,3-11H2,1-2H3;2*1-2H3. The average Bonchev–Trinajstić information content (AvgIpc) is 2.44. The highest BCUT2D eigenvalue weighted by molar-refractivity contribution is 4.69. The van der Waals surface area contributed by atoms with Crippen LogP contribution in [0.3, 0.4) is 0 Å². The van der Waals surface area contributed by atoms with Gasteiger partial charge in [-0.2, -0.15) is 0 Å². The molecule has 0 spiro atoms. The summed E-state index contributed by atoms with van der Waals surface area (Å²) in [7, 11) is 0. The number of hydrogen-bond acceptors (Lipinski definition) is 0. The summed E-state index contributed by atoms with van der Waals surface area (Å²) in [6, 6.07) is 0. The molecule has 17 heavy (non-hydrogen) atoms. The maximum atomic E-state index is 2.36. The van der Waals surface area contributed by atoms with Crippen LogP contribution in [0.25, 0.3) is 0 Å². The zero-order valence-electron chi connectivity index (χ0n) is 13.5. The lowest BCUT2D eigenvalue weighted by Gasteiger charge is -2.25. The highest BCUT2D eigenvalue weighted by Crippen LogP contribution is 2.31. The Morgan fingerprint density at radius 2 is 1.41 bits per heavy atom. The first-order valence-electron chi connectivity index (χ1n) is 8.36. The highest BCUT2D eigenvalue weighted by Gasteiger charge is 2.17. The van der Waals surface area contributed by atoms with Crippen molar-refractivity contribution in [2.75, 3.05) is 0 Å². The highest BCUT2D eigenvalue weighted by atomic mass is 14.2. The van der Waals surface area contributed by atoms with Crippen LogP contribution in [-0.2, 0) is 0 Å². The Hall–Kier alpha value is 0. The molecule has 1 fully saturated rings. The second-order valence-electron chi connectivity index (χ2n) is 4.80. The summed E-state index contributed by atoms with van der Waals surface area (Å²) in [5.74, 6) is 2.12. The van der Waals surface area contributed by atoms with Gasteiger partial charge >= 0.3 is 0 Å². The van der Waals surface area contributed by atoms with Crippen molar-refractivity contribution in [1.82, 2.24) is 0 Å². The summed E-state index contributed by atoms with van der Waals surface area (Å²) in [5, 5.41) is 0. The average molecular weight is 242 g/mol. The molecular formula is C17H38. The van der Waals surface area contributed by atoms with Crippen LogP contribution in [0, 0.1) is 11.8 Å². The van der Waals surface area contributed by atoms with Crippen molar-refractivity contribution in [2.24, 2.45) is 11.8 Å². The molecule has 0 aliphatic heterocycles. The Kier molecular flexibility index (Phi) is 18.2. The van der Waals surface area contributed by atoms with Crippen molar-refractivity contribution < 1.29 is 0 Å². The van der Waals surface area contributed by atoms with E-state index >= 15 is 0 Å². The van der Waals surface area contributed by atoms with Gasteiger partial charge in [0.15, 0.2) is 0 Å². The second kappa shape index (κ2) is 16.0. The van der Waals surface area contributed by atoms with Crippen molar-refractivity contribution in [3.8, 4) is 0 Å². The summed E-state index contributed by atoms with van der Waals surface area (Å²) >= 11 is 0. The molecule has 0 radical (unpaired) electrons. The third kappa shape index (κ3) is 10.9. The number of rotatable bonds is 5. The maximum Gasteiger partial charge on any atom is -0.0412 e. The lowest BCUT2D eigenvalue weighted by molar-refractivity contribution is 0.273. The quantitative estimate of drug-likeness (QED) is 0.495. The first-order chi connectivity index (χ1) is 8.36. The van der Waals surface area contributed by atoms with Crippen LogP contribution in [0.5, 0.6) is 0 Å². The Bertz CT molecular complexity index is 108. The van der Waals surface area contributed by atoms with Crippen LogP contribution in [0.2, 0.25) is 0 Å². The molecule has 1 saturated carbocycles. The van der Waals surface area contributed by atoms with Crippen molar-refractivity contribution >= 4 is 0 Å². The fourth-order valence-corrected chi connectivity index (χ4v) is 2.79. The van der Waals surface area contributed by atoms with E-state index < -0.39 is 0 Å². The van der Waals surface area contributed by atoms with Crippen LogP contribution < -0.4 is 0 Å². The molecule has 0 bridgehead atoms. The molecule has 0 nitrogen and oxygen atoms in total. The van der Waals surface area contributed by atoms with Gasteiger partial charge in [0.05, 0.1) is 0 Å². The molecule has 0 aromatic carbocycles. The first kappa shape index (κ1) is 19.3. The number of hydrogen-bond donors (Lipinski definition) is 0. The van der Waals surface area contributed by atoms with Gasteiger partial charge in [0, 0.05) is 0 Å². The lowest BCUT2D eigenvalue weighted by Crippen LogP contribution is -2.11. The molecule has 1 unspecified atom stereocenters. The van der Waals surface area contributed by atoms with Gasteiger partial charge in [-0.25, -0.2) is 0 Å². The van der Waals surface area contributed by atoms with Crippen molar-refractivity contribution in [2.45, 2.75) is 99.3 Å².